The van der Waals surface area contributed by atoms with Crippen molar-refractivity contribution in [3.05, 3.63) is 101 Å². The van der Waals surface area contributed by atoms with Gasteiger partial charge in [-0.1, -0.05) is 48.5 Å². The predicted octanol–water partition coefficient (Wildman–Crippen LogP) is 4.22. The number of anilines is 1. The van der Waals surface area contributed by atoms with Gasteiger partial charge in [0.15, 0.2) is 0 Å². The first-order valence-electron chi connectivity index (χ1n) is 9.44. The number of para-hydroxylation sites is 1. The van der Waals surface area contributed by atoms with Crippen LogP contribution < -0.4 is 10.6 Å². The zero-order valence-corrected chi connectivity index (χ0v) is 16.7. The maximum atomic E-state index is 12.8. The summed E-state index contributed by atoms with van der Waals surface area (Å²) in [5.74, 6) is -1.26. The summed E-state index contributed by atoms with van der Waals surface area (Å²) in [6.45, 7) is 1.90. The van der Waals surface area contributed by atoms with Gasteiger partial charge in [-0.25, -0.2) is 4.79 Å². The summed E-state index contributed by atoms with van der Waals surface area (Å²) in [4.78, 5) is 37.2. The Hall–Kier alpha value is -3.93. The monoisotopic (exact) mass is 402 g/mol. The highest BCUT2D eigenvalue weighted by Gasteiger charge is 2.17. The number of methoxy groups -OCH3 is 1. The molecule has 1 unspecified atom stereocenters. The molecule has 6 nitrogen and oxygen atoms in total. The van der Waals surface area contributed by atoms with Gasteiger partial charge >= 0.3 is 5.97 Å². The highest BCUT2D eigenvalue weighted by Crippen LogP contribution is 2.19. The zero-order chi connectivity index (χ0) is 21.5. The van der Waals surface area contributed by atoms with Gasteiger partial charge in [-0.15, -0.1) is 0 Å². The Morgan fingerprint density at radius 3 is 2.20 bits per heavy atom. The van der Waals surface area contributed by atoms with Crippen molar-refractivity contribution in [3.8, 4) is 0 Å². The van der Waals surface area contributed by atoms with Crippen molar-refractivity contribution in [2.45, 2.75) is 13.0 Å². The van der Waals surface area contributed by atoms with Crippen LogP contribution in [-0.4, -0.2) is 24.9 Å². The molecule has 30 heavy (non-hydrogen) atoms. The van der Waals surface area contributed by atoms with Crippen molar-refractivity contribution in [1.82, 2.24) is 5.32 Å². The maximum Gasteiger partial charge on any atom is 0.337 e. The Morgan fingerprint density at radius 1 is 0.800 bits per heavy atom. The lowest BCUT2D eigenvalue weighted by Crippen LogP contribution is -2.28. The fraction of sp³-hybridized carbons (Fsp3) is 0.125. The van der Waals surface area contributed by atoms with Crippen molar-refractivity contribution in [2.75, 3.05) is 12.4 Å². The SMILES string of the molecule is COC(=O)c1cccc(C(=O)Nc2ccccc2C(=O)NC(C)c2ccccc2)c1. The Morgan fingerprint density at radius 2 is 1.47 bits per heavy atom. The van der Waals surface area contributed by atoms with E-state index in [1.165, 1.54) is 13.2 Å². The first kappa shape index (κ1) is 20.8. The minimum Gasteiger partial charge on any atom is -0.465 e. The van der Waals surface area contributed by atoms with Gasteiger partial charge in [0, 0.05) is 5.56 Å². The van der Waals surface area contributed by atoms with Crippen LogP contribution in [-0.2, 0) is 4.74 Å². The van der Waals surface area contributed by atoms with E-state index in [2.05, 4.69) is 15.4 Å². The summed E-state index contributed by atoms with van der Waals surface area (Å²) in [5, 5.41) is 5.70. The molecule has 6 heteroatoms. The molecule has 0 bridgehead atoms. The molecular weight excluding hydrogens is 380 g/mol. The molecular formula is C24H22N2O4. The lowest BCUT2D eigenvalue weighted by molar-refractivity contribution is 0.0600. The number of hydrogen-bond donors (Lipinski definition) is 2. The third kappa shape index (κ3) is 4.91. The van der Waals surface area contributed by atoms with Crippen molar-refractivity contribution < 1.29 is 19.1 Å². The van der Waals surface area contributed by atoms with E-state index in [0.29, 0.717) is 11.3 Å². The van der Waals surface area contributed by atoms with Crippen molar-refractivity contribution in [3.63, 3.8) is 0 Å². The molecule has 3 aromatic rings. The van der Waals surface area contributed by atoms with E-state index in [9.17, 15) is 14.4 Å². The smallest absolute Gasteiger partial charge is 0.337 e. The van der Waals surface area contributed by atoms with E-state index in [0.717, 1.165) is 5.56 Å². The van der Waals surface area contributed by atoms with E-state index >= 15 is 0 Å². The van der Waals surface area contributed by atoms with Gasteiger partial charge in [-0.2, -0.15) is 0 Å². The molecule has 3 aromatic carbocycles. The average molecular weight is 402 g/mol. The Kier molecular flexibility index (Phi) is 6.60. The number of carbonyl (C=O) groups is 3. The summed E-state index contributed by atoms with van der Waals surface area (Å²) >= 11 is 0. The van der Waals surface area contributed by atoms with Gasteiger partial charge in [0.05, 0.1) is 30.0 Å². The fourth-order valence-electron chi connectivity index (χ4n) is 2.99. The molecule has 3 rings (SSSR count). The van der Waals surface area contributed by atoms with E-state index < -0.39 is 11.9 Å². The molecule has 2 amide bonds. The van der Waals surface area contributed by atoms with Crippen LogP contribution in [0.2, 0.25) is 0 Å². The highest BCUT2D eigenvalue weighted by atomic mass is 16.5. The lowest BCUT2D eigenvalue weighted by atomic mass is 10.1. The van der Waals surface area contributed by atoms with Gasteiger partial charge in [0.2, 0.25) is 0 Å². The molecule has 0 spiro atoms. The fourth-order valence-corrected chi connectivity index (χ4v) is 2.99. The summed E-state index contributed by atoms with van der Waals surface area (Å²) in [7, 11) is 1.28. The third-order valence-corrected chi connectivity index (χ3v) is 4.61. The van der Waals surface area contributed by atoms with Crippen LogP contribution in [0.1, 0.15) is 49.6 Å². The molecule has 0 aliphatic heterocycles. The van der Waals surface area contributed by atoms with Crippen molar-refractivity contribution >= 4 is 23.5 Å². The minimum absolute atomic E-state index is 0.195. The molecule has 0 saturated heterocycles. The van der Waals surface area contributed by atoms with Crippen LogP contribution in [0.3, 0.4) is 0 Å². The zero-order valence-electron chi connectivity index (χ0n) is 16.7. The first-order chi connectivity index (χ1) is 14.5. The minimum atomic E-state index is -0.528. The number of ether oxygens (including phenoxy) is 1. The second-order valence-electron chi connectivity index (χ2n) is 6.68. The Labute approximate surface area is 174 Å². The number of rotatable bonds is 6. The van der Waals surface area contributed by atoms with Gasteiger partial charge in [0.1, 0.15) is 0 Å². The van der Waals surface area contributed by atoms with Crippen LogP contribution in [0.5, 0.6) is 0 Å². The summed E-state index contributed by atoms with van der Waals surface area (Å²) in [6.07, 6.45) is 0. The predicted molar refractivity (Wildman–Crippen MR) is 114 cm³/mol. The first-order valence-corrected chi connectivity index (χ1v) is 9.44. The molecule has 0 heterocycles. The van der Waals surface area contributed by atoms with E-state index in [4.69, 9.17) is 0 Å². The number of nitrogens with one attached hydrogen (secondary N) is 2. The molecule has 2 N–H and O–H groups in total. The topological polar surface area (TPSA) is 84.5 Å². The third-order valence-electron chi connectivity index (χ3n) is 4.61. The van der Waals surface area contributed by atoms with Crippen molar-refractivity contribution in [2.24, 2.45) is 0 Å². The average Bonchev–Trinajstić information content (AvgIpc) is 2.79. The van der Waals surface area contributed by atoms with Gasteiger partial charge < -0.3 is 15.4 Å². The molecule has 0 radical (unpaired) electrons. The number of esters is 1. The largest absolute Gasteiger partial charge is 0.465 e. The lowest BCUT2D eigenvalue weighted by Gasteiger charge is -2.16. The van der Waals surface area contributed by atoms with Crippen LogP contribution in [0.25, 0.3) is 0 Å². The van der Waals surface area contributed by atoms with Crippen LogP contribution in [0.15, 0.2) is 78.9 Å². The molecule has 0 aliphatic rings. The van der Waals surface area contributed by atoms with Gasteiger partial charge in [0.25, 0.3) is 11.8 Å². The second kappa shape index (κ2) is 9.52. The van der Waals surface area contributed by atoms with E-state index in [1.807, 2.05) is 37.3 Å². The molecule has 1 atom stereocenters. The molecule has 152 valence electrons. The summed E-state index contributed by atoms with van der Waals surface area (Å²) < 4.78 is 4.69. The summed E-state index contributed by atoms with van der Waals surface area (Å²) in [6, 6.07) is 22.4. The number of hydrogen-bond acceptors (Lipinski definition) is 4. The Bertz CT molecular complexity index is 1060. The van der Waals surface area contributed by atoms with Gasteiger partial charge in [-0.3, -0.25) is 9.59 Å². The van der Waals surface area contributed by atoms with Crippen molar-refractivity contribution in [1.29, 1.82) is 0 Å². The van der Waals surface area contributed by atoms with E-state index in [-0.39, 0.29) is 23.1 Å². The maximum absolute atomic E-state index is 12.8. The molecule has 0 fully saturated rings. The van der Waals surface area contributed by atoms with Crippen LogP contribution >= 0.6 is 0 Å². The van der Waals surface area contributed by atoms with E-state index in [1.54, 1.807) is 42.5 Å². The highest BCUT2D eigenvalue weighted by molar-refractivity contribution is 6.09. The summed E-state index contributed by atoms with van der Waals surface area (Å²) in [5.41, 5.74) is 2.26. The normalized spacial score (nSPS) is 11.3. The number of benzene rings is 3. The molecule has 0 saturated carbocycles. The standard InChI is InChI=1S/C24H22N2O4/c1-16(17-9-4-3-5-10-17)25-23(28)20-13-6-7-14-21(20)26-22(27)18-11-8-12-19(15-18)24(29)30-2/h3-16H,1-2H3,(H,25,28)(H,26,27). The molecule has 0 aliphatic carbocycles. The quantitative estimate of drug-likeness (QED) is 0.605. The number of amides is 2. The van der Waals surface area contributed by atoms with Crippen LogP contribution in [0.4, 0.5) is 5.69 Å². The second-order valence-corrected chi connectivity index (χ2v) is 6.68. The number of carbonyl (C=O) groups excluding carboxylic acids is 3. The Balaban J connectivity index is 1.77. The van der Waals surface area contributed by atoms with Crippen LogP contribution in [0, 0.1) is 0 Å². The van der Waals surface area contributed by atoms with Gasteiger partial charge in [-0.05, 0) is 42.8 Å². The molecule has 0 aromatic heterocycles.